The minimum atomic E-state index is -0.907. The largest absolute Gasteiger partial charge is 1.00 e. The number of aromatic carboxylic acids is 4. The Kier molecular flexibility index (Phi) is 24.2. The average Bonchev–Trinajstić information content (AvgIpc) is 3.38. The molecular formula is C60H50I4N4O9S4. The molecule has 0 aliphatic heterocycles. The standard InChI is InChI=1S/4C15H11NO2S.4HI.H2O/c4*1-8-4-3-5-11-12(8)16-13-9(2)6-7-10(15(17)18)14(13)19-11;;;;;/h4*3-7H,1-2H3;4*1H;1H2. The number of aryl methyl sites for hydroxylation is 8. The minimum absolute atomic E-state index is 0. The van der Waals surface area contributed by atoms with Gasteiger partial charge in [-0.2, -0.15) is 0 Å². The summed E-state index contributed by atoms with van der Waals surface area (Å²) in [5.74, 6) is -3.63. The lowest BCUT2D eigenvalue weighted by Gasteiger charge is -2.00. The van der Waals surface area contributed by atoms with E-state index in [-0.39, 0.29) is 101 Å². The third-order valence-corrected chi connectivity index (χ3v) is 17.5. The maximum atomic E-state index is 11.3. The van der Waals surface area contributed by atoms with Crippen LogP contribution in [0, 0.1) is 55.4 Å². The van der Waals surface area contributed by atoms with E-state index >= 15 is 0 Å². The van der Waals surface area contributed by atoms with Gasteiger partial charge in [-0.05, 0) is 124 Å². The number of para-hydroxylation sites is 4. The van der Waals surface area contributed by atoms with Crippen LogP contribution in [0.5, 0.6) is 0 Å². The molecule has 21 heteroatoms. The van der Waals surface area contributed by atoms with Crippen molar-refractivity contribution in [2.45, 2.75) is 55.4 Å². The molecule has 0 amide bonds. The van der Waals surface area contributed by atoms with Crippen LogP contribution in [0.15, 0.2) is 121 Å². The Morgan fingerprint density at radius 2 is 0.457 bits per heavy atom. The maximum Gasteiger partial charge on any atom is 0.341 e. The van der Waals surface area contributed by atoms with Crippen LogP contribution in [0.4, 0.5) is 0 Å². The van der Waals surface area contributed by atoms with E-state index in [1.165, 1.54) is 45.3 Å². The Bertz CT molecular complexity index is 3900. The summed E-state index contributed by atoms with van der Waals surface area (Å²) in [6, 6.07) is 37.7. The fourth-order valence-electron chi connectivity index (χ4n) is 8.64. The maximum absolute atomic E-state index is 11.3. The monoisotopic (exact) mass is 1610 g/mol. The Morgan fingerprint density at radius 1 is 0.284 bits per heavy atom. The van der Waals surface area contributed by atoms with E-state index in [9.17, 15) is 39.6 Å². The lowest BCUT2D eigenvalue weighted by atomic mass is 10.1. The summed E-state index contributed by atoms with van der Waals surface area (Å²) in [5.41, 5.74) is 16.7. The molecule has 13 nitrogen and oxygen atoms in total. The number of rotatable bonds is 4. The van der Waals surface area contributed by atoms with Crippen molar-refractivity contribution in [2.24, 2.45) is 0 Å². The smallest absolute Gasteiger partial charge is 0.341 e. The Labute approximate surface area is 549 Å². The van der Waals surface area contributed by atoms with E-state index in [1.807, 2.05) is 152 Å². The number of halogens is 4. The molecule has 8 aromatic carbocycles. The van der Waals surface area contributed by atoms with Gasteiger partial charge in [0, 0.05) is 24.3 Å². The van der Waals surface area contributed by atoms with Crippen molar-refractivity contribution in [2.75, 3.05) is 0 Å². The summed E-state index contributed by atoms with van der Waals surface area (Å²) in [7, 11) is 0. The van der Waals surface area contributed by atoms with Gasteiger partial charge in [-0.1, -0.05) is 72.8 Å². The van der Waals surface area contributed by atoms with Crippen molar-refractivity contribution in [3.8, 4) is 0 Å². The second kappa shape index (κ2) is 28.7. The molecule has 4 heterocycles. The third-order valence-electron chi connectivity index (χ3n) is 12.8. The lowest BCUT2D eigenvalue weighted by molar-refractivity contribution is -0.00100. The highest BCUT2D eigenvalue weighted by atomic mass is 127. The summed E-state index contributed by atoms with van der Waals surface area (Å²) < 4.78 is 7.02. The molecule has 0 atom stereocenters. The molecule has 0 saturated carbocycles. The van der Waals surface area contributed by atoms with Gasteiger partial charge < -0.3 is 122 Å². The number of carbonyl (C=O) groups is 4. The molecular weight excluding hydrogens is 1560 g/mol. The Balaban J connectivity index is 0.000000228. The molecule has 4 aromatic heterocycles. The van der Waals surface area contributed by atoms with Gasteiger partial charge in [0.05, 0.1) is 0 Å². The van der Waals surface area contributed by atoms with Gasteiger partial charge in [0.15, 0.2) is 0 Å². The van der Waals surface area contributed by atoms with Gasteiger partial charge >= 0.3 is 23.9 Å². The average molecular weight is 1610 g/mol. The summed E-state index contributed by atoms with van der Waals surface area (Å²) >= 11 is 5.96. The minimum Gasteiger partial charge on any atom is -1.00 e. The lowest BCUT2D eigenvalue weighted by Crippen LogP contribution is -3.00. The molecule has 0 saturated heterocycles. The van der Waals surface area contributed by atoms with E-state index in [2.05, 4.69) is 19.9 Å². The summed E-state index contributed by atoms with van der Waals surface area (Å²) in [4.78, 5) is 63.9. The number of hydrogen-bond acceptors (Lipinski definition) is 8. The van der Waals surface area contributed by atoms with Gasteiger partial charge in [-0.3, -0.25) is 0 Å². The zero-order chi connectivity index (χ0) is 54.3. The second-order valence-electron chi connectivity index (χ2n) is 18.2. The number of fused-ring (bicyclic) bond motifs is 8. The Morgan fingerprint density at radius 3 is 0.630 bits per heavy atom. The molecule has 12 rings (SSSR count). The fraction of sp³-hybridized carbons (Fsp3) is 0.133. The van der Waals surface area contributed by atoms with Gasteiger partial charge in [-0.15, -0.1) is 0 Å². The highest BCUT2D eigenvalue weighted by molar-refractivity contribution is 7.26. The zero-order valence-corrected chi connectivity index (χ0v) is 56.3. The van der Waals surface area contributed by atoms with E-state index < -0.39 is 23.9 Å². The van der Waals surface area contributed by atoms with Crippen LogP contribution in [-0.2, 0) is 0 Å². The Hall–Kier alpha value is -5.40. The number of carboxylic acids is 4. The molecule has 0 aliphatic carbocycles. The van der Waals surface area contributed by atoms with E-state index in [0.29, 0.717) is 22.3 Å². The molecule has 0 spiro atoms. The highest BCUT2D eigenvalue weighted by Gasteiger charge is 2.26. The van der Waals surface area contributed by atoms with Gasteiger partial charge in [0.25, 0.3) is 37.6 Å². The molecule has 0 aliphatic rings. The molecule has 12 aromatic rings. The van der Waals surface area contributed by atoms with Gasteiger partial charge in [0.2, 0.25) is 45.3 Å². The van der Waals surface area contributed by atoms with E-state index in [4.69, 9.17) is 0 Å². The normalized spacial score (nSPS) is 10.4. The third kappa shape index (κ3) is 14.2. The first-order valence-corrected chi connectivity index (χ1v) is 27.0. The first-order valence-electron chi connectivity index (χ1n) is 23.8. The van der Waals surface area contributed by atoms with Crippen molar-refractivity contribution >= 4 is 151 Å². The number of carboxylic acid groups (broad SMARTS) is 4. The van der Waals surface area contributed by atoms with E-state index in [1.54, 1.807) is 24.3 Å². The van der Waals surface area contributed by atoms with Crippen molar-refractivity contribution in [3.63, 3.8) is 0 Å². The number of nitrogens with zero attached hydrogens (tertiary/aromatic N) is 4. The van der Waals surface area contributed by atoms with Crippen LogP contribution in [0.1, 0.15) is 85.9 Å². The summed E-state index contributed by atoms with van der Waals surface area (Å²) in [6.45, 7) is 15.9. The van der Waals surface area contributed by atoms with Crippen LogP contribution >= 0.6 is 45.3 Å². The van der Waals surface area contributed by atoms with Crippen LogP contribution in [0.2, 0.25) is 0 Å². The predicted molar refractivity (Wildman–Crippen MR) is 315 cm³/mol. The van der Waals surface area contributed by atoms with Crippen molar-refractivity contribution in [3.05, 3.63) is 188 Å². The van der Waals surface area contributed by atoms with Crippen LogP contribution in [0.25, 0.3) is 81.7 Å². The van der Waals surface area contributed by atoms with Crippen molar-refractivity contribution < 1.29 is 141 Å². The number of aromatic nitrogens is 4. The van der Waals surface area contributed by atoms with Crippen LogP contribution in [-0.4, -0.2) is 69.7 Å². The van der Waals surface area contributed by atoms with Gasteiger partial charge in [0.1, 0.15) is 66.4 Å². The summed E-state index contributed by atoms with van der Waals surface area (Å²) in [6.07, 6.45) is 0. The molecule has 0 fully saturated rings. The number of hydrogen-bond donors (Lipinski definition) is 4. The van der Waals surface area contributed by atoms with Crippen LogP contribution in [0.3, 0.4) is 0 Å². The van der Waals surface area contributed by atoms with E-state index in [0.717, 1.165) is 126 Å². The molecule has 0 bridgehead atoms. The molecule has 81 heavy (non-hydrogen) atoms. The molecule has 6 N–H and O–H groups in total. The van der Waals surface area contributed by atoms with Crippen molar-refractivity contribution in [1.82, 2.24) is 19.9 Å². The topological polar surface area (TPSA) is 232 Å². The van der Waals surface area contributed by atoms with Crippen LogP contribution < -0.4 is 95.9 Å². The molecule has 0 radical (unpaired) electrons. The van der Waals surface area contributed by atoms with Gasteiger partial charge in [-0.25, -0.2) is 39.1 Å². The zero-order valence-electron chi connectivity index (χ0n) is 44.4. The quantitative estimate of drug-likeness (QED) is 0.113. The predicted octanol–water partition coefficient (Wildman–Crippen LogP) is 3.37. The molecule has 416 valence electrons. The van der Waals surface area contributed by atoms with Crippen molar-refractivity contribution in [1.29, 1.82) is 0 Å². The second-order valence-corrected chi connectivity index (χ2v) is 22.4. The number of benzene rings is 8. The first-order chi connectivity index (χ1) is 36.3. The fourth-order valence-corrected chi connectivity index (χ4v) is 13.6. The summed E-state index contributed by atoms with van der Waals surface area (Å²) in [5, 5.41) is 37.1. The first kappa shape index (κ1) is 68.1. The highest BCUT2D eigenvalue weighted by Crippen LogP contribution is 2.36. The SMILES string of the molecule is Cc1cccc2[s+]c3c(C(=O)O)ccc(C)c3nc12.Cc1cccc2[s+]c3c(C(=O)O)ccc(C)c3nc12.Cc1cccc2[s+]c3c(C(=O)O)ccc(C)c3nc12.Cc1cccc2[s+]c3c(C(=O)O)ccc(C)c3nc12.O.[I-].[I-].[I-].[I-]. The molecule has 0 unspecified atom stereocenters.